The number of para-hydroxylation sites is 1. The van der Waals surface area contributed by atoms with Crippen LogP contribution in [-0.4, -0.2) is 23.4 Å². The third-order valence-corrected chi connectivity index (χ3v) is 4.20. The van der Waals surface area contributed by atoms with Gasteiger partial charge in [0.25, 0.3) is 0 Å². The Labute approximate surface area is 139 Å². The van der Waals surface area contributed by atoms with E-state index in [9.17, 15) is 4.79 Å². The SMILES string of the molecule is CC/C(C(C)=O)=C(/N)N(N)C(C)(C)CCc1ccccc1OC. The van der Waals surface area contributed by atoms with Crippen LogP contribution < -0.4 is 16.3 Å². The first kappa shape index (κ1) is 19.0. The first-order chi connectivity index (χ1) is 10.7. The van der Waals surface area contributed by atoms with Crippen molar-refractivity contribution in [2.45, 2.75) is 52.5 Å². The minimum atomic E-state index is -0.388. The van der Waals surface area contributed by atoms with Crippen LogP contribution in [0.3, 0.4) is 0 Å². The molecule has 0 spiro atoms. The molecule has 0 fully saturated rings. The third kappa shape index (κ3) is 4.73. The fourth-order valence-electron chi connectivity index (χ4n) is 2.55. The molecule has 1 aromatic carbocycles. The summed E-state index contributed by atoms with van der Waals surface area (Å²) in [7, 11) is 1.67. The zero-order valence-corrected chi connectivity index (χ0v) is 14.8. The van der Waals surface area contributed by atoms with Crippen molar-refractivity contribution in [3.63, 3.8) is 0 Å². The summed E-state index contributed by atoms with van der Waals surface area (Å²) in [5, 5.41) is 1.52. The number of carbonyl (C=O) groups is 1. The summed E-state index contributed by atoms with van der Waals surface area (Å²) >= 11 is 0. The first-order valence-corrected chi connectivity index (χ1v) is 7.91. The molecule has 0 aliphatic carbocycles. The Kier molecular flexibility index (Phi) is 6.63. The van der Waals surface area contributed by atoms with Crippen LogP contribution in [0.1, 0.15) is 46.1 Å². The highest BCUT2D eigenvalue weighted by atomic mass is 16.5. The van der Waals surface area contributed by atoms with Gasteiger partial charge in [-0.05, 0) is 51.7 Å². The molecule has 5 heteroatoms. The molecule has 0 atom stereocenters. The fourth-order valence-corrected chi connectivity index (χ4v) is 2.55. The standard InChI is InChI=1S/C18H29N3O2/c1-6-15(13(2)22)17(19)21(20)18(3,4)12-11-14-9-7-8-10-16(14)23-5/h7-10H,6,11-12,19-20H2,1-5H3/b17-15+. The van der Waals surface area contributed by atoms with Gasteiger partial charge in [-0.25, -0.2) is 5.84 Å². The highest BCUT2D eigenvalue weighted by Crippen LogP contribution is 2.26. The second-order valence-corrected chi connectivity index (χ2v) is 6.27. The highest BCUT2D eigenvalue weighted by Gasteiger charge is 2.27. The van der Waals surface area contributed by atoms with Crippen LogP contribution in [0.2, 0.25) is 0 Å². The van der Waals surface area contributed by atoms with E-state index in [-0.39, 0.29) is 11.3 Å². The fraction of sp³-hybridized carbons (Fsp3) is 0.500. The van der Waals surface area contributed by atoms with Crippen molar-refractivity contribution in [1.82, 2.24) is 5.01 Å². The van der Waals surface area contributed by atoms with Crippen molar-refractivity contribution < 1.29 is 9.53 Å². The number of carbonyl (C=O) groups excluding carboxylic acids is 1. The Morgan fingerprint density at radius 3 is 2.43 bits per heavy atom. The maximum atomic E-state index is 11.7. The minimum Gasteiger partial charge on any atom is -0.496 e. The monoisotopic (exact) mass is 319 g/mol. The summed E-state index contributed by atoms with van der Waals surface area (Å²) < 4.78 is 5.38. The molecule has 128 valence electrons. The molecule has 0 amide bonds. The number of ether oxygens (including phenoxy) is 1. The number of ketones is 1. The summed E-state index contributed by atoms with van der Waals surface area (Å²) in [6.07, 6.45) is 2.15. The van der Waals surface area contributed by atoms with Gasteiger partial charge in [0.1, 0.15) is 11.6 Å². The average Bonchev–Trinajstić information content (AvgIpc) is 2.52. The Balaban J connectivity index is 2.92. The van der Waals surface area contributed by atoms with Crippen LogP contribution in [0, 0.1) is 0 Å². The maximum absolute atomic E-state index is 11.7. The van der Waals surface area contributed by atoms with Gasteiger partial charge < -0.3 is 10.5 Å². The quantitative estimate of drug-likeness (QED) is 0.437. The predicted molar refractivity (Wildman–Crippen MR) is 93.6 cm³/mol. The van der Waals surface area contributed by atoms with E-state index in [1.165, 1.54) is 11.9 Å². The third-order valence-electron chi connectivity index (χ3n) is 4.20. The van der Waals surface area contributed by atoms with Gasteiger partial charge in [0.15, 0.2) is 5.78 Å². The highest BCUT2D eigenvalue weighted by molar-refractivity contribution is 5.93. The first-order valence-electron chi connectivity index (χ1n) is 7.91. The average molecular weight is 319 g/mol. The molecule has 0 bridgehead atoms. The van der Waals surface area contributed by atoms with Gasteiger partial charge in [-0.1, -0.05) is 25.1 Å². The number of allylic oxidation sites excluding steroid dienone is 1. The number of methoxy groups -OCH3 is 1. The lowest BCUT2D eigenvalue weighted by atomic mass is 9.93. The van der Waals surface area contributed by atoms with E-state index in [4.69, 9.17) is 16.3 Å². The number of aryl methyl sites for hydroxylation is 1. The molecule has 0 unspecified atom stereocenters. The van der Waals surface area contributed by atoms with Gasteiger partial charge in [-0.3, -0.25) is 9.80 Å². The second-order valence-electron chi connectivity index (χ2n) is 6.27. The van der Waals surface area contributed by atoms with Gasteiger partial charge in [0, 0.05) is 5.57 Å². The number of hydrazine groups is 1. The van der Waals surface area contributed by atoms with Crippen molar-refractivity contribution in [3.8, 4) is 5.75 Å². The van der Waals surface area contributed by atoms with E-state index in [0.717, 1.165) is 24.2 Å². The Hall–Kier alpha value is -2.01. The zero-order valence-electron chi connectivity index (χ0n) is 14.8. The van der Waals surface area contributed by atoms with E-state index in [1.54, 1.807) is 7.11 Å². The van der Waals surface area contributed by atoms with Crippen molar-refractivity contribution in [1.29, 1.82) is 0 Å². The Bertz CT molecular complexity index is 579. The number of hydrogen-bond donors (Lipinski definition) is 2. The molecule has 0 saturated carbocycles. The van der Waals surface area contributed by atoms with E-state index >= 15 is 0 Å². The van der Waals surface area contributed by atoms with Crippen molar-refractivity contribution in [3.05, 3.63) is 41.2 Å². The summed E-state index contributed by atoms with van der Waals surface area (Å²) in [5.41, 5.74) is 7.42. The molecule has 0 heterocycles. The molecule has 0 saturated heterocycles. The molecule has 5 nitrogen and oxygen atoms in total. The van der Waals surface area contributed by atoms with Gasteiger partial charge in [-0.2, -0.15) is 0 Å². The normalized spacial score (nSPS) is 12.6. The van der Waals surface area contributed by atoms with Gasteiger partial charge in [0.2, 0.25) is 0 Å². The van der Waals surface area contributed by atoms with Crippen molar-refractivity contribution in [2.24, 2.45) is 11.6 Å². The topological polar surface area (TPSA) is 81.6 Å². The van der Waals surface area contributed by atoms with E-state index in [0.29, 0.717) is 17.8 Å². The van der Waals surface area contributed by atoms with Crippen molar-refractivity contribution >= 4 is 5.78 Å². The van der Waals surface area contributed by atoms with Gasteiger partial charge in [-0.15, -0.1) is 0 Å². The molecule has 23 heavy (non-hydrogen) atoms. The molecule has 0 radical (unpaired) electrons. The lowest BCUT2D eigenvalue weighted by molar-refractivity contribution is -0.113. The molecular formula is C18H29N3O2. The Morgan fingerprint density at radius 1 is 1.30 bits per heavy atom. The van der Waals surface area contributed by atoms with E-state index in [1.807, 2.05) is 45.0 Å². The zero-order chi connectivity index (χ0) is 17.6. The number of Topliss-reactive ketones (excluding diaryl/α,β-unsaturated/α-hetero) is 1. The lowest BCUT2D eigenvalue weighted by Gasteiger charge is -2.37. The summed E-state index contributed by atoms with van der Waals surface area (Å²) in [6, 6.07) is 7.93. The van der Waals surface area contributed by atoms with Crippen LogP contribution >= 0.6 is 0 Å². The van der Waals surface area contributed by atoms with Crippen LogP contribution in [0.15, 0.2) is 35.7 Å². The molecular weight excluding hydrogens is 290 g/mol. The molecule has 0 aliphatic heterocycles. The smallest absolute Gasteiger partial charge is 0.159 e. The van der Waals surface area contributed by atoms with Crippen LogP contribution in [0.25, 0.3) is 0 Å². The summed E-state index contributed by atoms with van der Waals surface area (Å²) in [4.78, 5) is 11.7. The van der Waals surface area contributed by atoms with Gasteiger partial charge >= 0.3 is 0 Å². The number of rotatable bonds is 8. The molecule has 0 aromatic heterocycles. The maximum Gasteiger partial charge on any atom is 0.159 e. The lowest BCUT2D eigenvalue weighted by Crippen LogP contribution is -2.51. The van der Waals surface area contributed by atoms with Crippen LogP contribution in [0.4, 0.5) is 0 Å². The number of hydrogen-bond acceptors (Lipinski definition) is 5. The molecule has 1 rings (SSSR count). The van der Waals surface area contributed by atoms with E-state index < -0.39 is 0 Å². The van der Waals surface area contributed by atoms with Crippen molar-refractivity contribution in [2.75, 3.05) is 7.11 Å². The summed E-state index contributed by atoms with van der Waals surface area (Å²) in [6.45, 7) is 7.45. The number of nitrogens with zero attached hydrogens (tertiary/aromatic N) is 1. The van der Waals surface area contributed by atoms with Crippen LogP contribution in [-0.2, 0) is 11.2 Å². The molecule has 1 aromatic rings. The largest absolute Gasteiger partial charge is 0.496 e. The van der Waals surface area contributed by atoms with E-state index in [2.05, 4.69) is 0 Å². The second kappa shape index (κ2) is 8.02. The number of benzene rings is 1. The minimum absolute atomic E-state index is 0.0408. The number of nitrogens with two attached hydrogens (primary N) is 2. The molecule has 0 aliphatic rings. The summed E-state index contributed by atoms with van der Waals surface area (Å²) in [5.74, 6) is 7.39. The predicted octanol–water partition coefficient (Wildman–Crippen LogP) is 2.75. The van der Waals surface area contributed by atoms with Gasteiger partial charge in [0.05, 0.1) is 12.6 Å². The Morgan fingerprint density at radius 2 is 1.91 bits per heavy atom. The molecule has 4 N–H and O–H groups in total. The van der Waals surface area contributed by atoms with Crippen LogP contribution in [0.5, 0.6) is 5.75 Å².